The average molecular weight is 268 g/mol. The first kappa shape index (κ1) is 14.4. The largest absolute Gasteiger partial charge is 0.493 e. The molecule has 2 aromatic carbocycles. The zero-order valence-corrected chi connectivity index (χ0v) is 12.0. The molecule has 0 bridgehead atoms. The summed E-state index contributed by atoms with van der Waals surface area (Å²) in [5.41, 5.74) is 1.16. The molecule has 0 saturated heterocycles. The Morgan fingerprint density at radius 3 is 2.80 bits per heavy atom. The van der Waals surface area contributed by atoms with Crippen molar-refractivity contribution in [2.75, 3.05) is 13.7 Å². The summed E-state index contributed by atoms with van der Waals surface area (Å²) in [5, 5.41) is 14.2. The zero-order valence-electron chi connectivity index (χ0n) is 12.0. The van der Waals surface area contributed by atoms with E-state index in [0.717, 1.165) is 23.1 Å². The van der Waals surface area contributed by atoms with Crippen LogP contribution in [0.1, 0.15) is 31.4 Å². The molecule has 2 rings (SSSR count). The van der Waals surface area contributed by atoms with Crippen LogP contribution in [0.5, 0.6) is 5.75 Å². The summed E-state index contributed by atoms with van der Waals surface area (Å²) in [6.45, 7) is 2.69. The van der Waals surface area contributed by atoms with Crippen LogP contribution in [0.2, 0.25) is 0 Å². The summed E-state index contributed by atoms with van der Waals surface area (Å²) in [5.74, 6) is 0.933. The molecule has 1 atom stereocenters. The minimum absolute atomic E-state index is 0.227. The van der Waals surface area contributed by atoms with E-state index in [1.165, 1.54) is 5.39 Å². The van der Waals surface area contributed by atoms with Crippen molar-refractivity contribution in [2.45, 2.75) is 25.8 Å². The minimum atomic E-state index is 0.227. The van der Waals surface area contributed by atoms with Crippen LogP contribution in [0.25, 0.3) is 10.8 Å². The fourth-order valence-corrected chi connectivity index (χ4v) is 2.24. The zero-order chi connectivity index (χ0) is 14.4. The van der Waals surface area contributed by atoms with Gasteiger partial charge in [-0.3, -0.25) is 0 Å². The molecule has 0 aliphatic heterocycles. The van der Waals surface area contributed by atoms with Gasteiger partial charge in [0.1, 0.15) is 5.75 Å². The molecule has 3 nitrogen and oxygen atoms in total. The van der Waals surface area contributed by atoms with E-state index in [1.54, 1.807) is 0 Å². The van der Waals surface area contributed by atoms with Gasteiger partial charge >= 0.3 is 0 Å². The van der Waals surface area contributed by atoms with Crippen LogP contribution in [-0.2, 0) is 0 Å². The molecule has 20 heavy (non-hydrogen) atoms. The highest BCUT2D eigenvalue weighted by molar-refractivity contribution is 5.89. The van der Waals surface area contributed by atoms with Gasteiger partial charge in [-0.15, -0.1) is 0 Å². The van der Waals surface area contributed by atoms with Gasteiger partial charge in [0, 0.05) is 23.4 Å². The van der Waals surface area contributed by atoms with E-state index in [0.29, 0.717) is 13.0 Å². The maximum absolute atomic E-state index is 8.60. The number of fused-ring (bicyclic) bond motifs is 1. The maximum atomic E-state index is 8.60. The molecule has 0 fully saturated rings. The second-order valence-electron chi connectivity index (χ2n) is 4.83. The highest BCUT2D eigenvalue weighted by Gasteiger charge is 2.13. The Kier molecular flexibility index (Phi) is 4.97. The first-order chi connectivity index (χ1) is 9.77. The fraction of sp³-hybridized carbons (Fsp3) is 0.353. The van der Waals surface area contributed by atoms with Crippen molar-refractivity contribution < 1.29 is 4.74 Å². The van der Waals surface area contributed by atoms with E-state index < -0.39 is 0 Å². The number of unbranched alkanes of at least 4 members (excludes halogenated alkanes) is 1. The van der Waals surface area contributed by atoms with Gasteiger partial charge < -0.3 is 10.1 Å². The van der Waals surface area contributed by atoms with Crippen molar-refractivity contribution in [3.8, 4) is 11.8 Å². The fourth-order valence-electron chi connectivity index (χ4n) is 2.24. The van der Waals surface area contributed by atoms with Gasteiger partial charge in [0.2, 0.25) is 0 Å². The van der Waals surface area contributed by atoms with E-state index in [9.17, 15) is 0 Å². The lowest BCUT2D eigenvalue weighted by Gasteiger charge is -2.18. The van der Waals surface area contributed by atoms with Gasteiger partial charge in [-0.25, -0.2) is 0 Å². The monoisotopic (exact) mass is 268 g/mol. The van der Waals surface area contributed by atoms with E-state index in [2.05, 4.69) is 42.6 Å². The molecular weight excluding hydrogens is 248 g/mol. The Hall–Kier alpha value is -2.05. The molecule has 0 aliphatic carbocycles. The van der Waals surface area contributed by atoms with Gasteiger partial charge in [-0.05, 0) is 25.8 Å². The SMILES string of the molecule is CNC(C)c1ccc2ccccc2c1OCCCC#N. The average Bonchev–Trinajstić information content (AvgIpc) is 2.50. The van der Waals surface area contributed by atoms with Gasteiger partial charge in [-0.2, -0.15) is 5.26 Å². The van der Waals surface area contributed by atoms with Gasteiger partial charge in [0.15, 0.2) is 0 Å². The Bertz CT molecular complexity index is 616. The van der Waals surface area contributed by atoms with E-state index >= 15 is 0 Å². The number of nitrogens with one attached hydrogen (secondary N) is 1. The standard InChI is InChI=1S/C17H20N2O/c1-13(19-2)15-10-9-14-7-3-4-8-16(14)17(15)20-12-6-5-11-18/h3-4,7-10,13,19H,5-6,12H2,1-2H3. The Morgan fingerprint density at radius 1 is 1.25 bits per heavy atom. The lowest BCUT2D eigenvalue weighted by atomic mass is 10.0. The topological polar surface area (TPSA) is 45.0 Å². The van der Waals surface area contributed by atoms with Crippen LogP contribution in [0.15, 0.2) is 36.4 Å². The second kappa shape index (κ2) is 6.93. The highest BCUT2D eigenvalue weighted by Crippen LogP contribution is 2.33. The summed E-state index contributed by atoms with van der Waals surface area (Å²) in [7, 11) is 1.94. The summed E-state index contributed by atoms with van der Waals surface area (Å²) < 4.78 is 5.98. The van der Waals surface area contributed by atoms with Crippen LogP contribution in [0, 0.1) is 11.3 Å². The molecule has 0 heterocycles. The molecule has 0 aromatic heterocycles. The van der Waals surface area contributed by atoms with Crippen molar-refractivity contribution in [3.05, 3.63) is 42.0 Å². The van der Waals surface area contributed by atoms with Gasteiger partial charge in [0.25, 0.3) is 0 Å². The Labute approximate surface area is 120 Å². The molecule has 3 heteroatoms. The number of ether oxygens (including phenoxy) is 1. The molecule has 0 aliphatic rings. The van der Waals surface area contributed by atoms with E-state index in [4.69, 9.17) is 10.00 Å². The number of nitriles is 1. The van der Waals surface area contributed by atoms with Crippen LogP contribution in [0.4, 0.5) is 0 Å². The van der Waals surface area contributed by atoms with Crippen molar-refractivity contribution in [1.29, 1.82) is 5.26 Å². The lowest BCUT2D eigenvalue weighted by Crippen LogP contribution is -2.14. The summed E-state index contributed by atoms with van der Waals surface area (Å²) in [4.78, 5) is 0. The van der Waals surface area contributed by atoms with Crippen molar-refractivity contribution >= 4 is 10.8 Å². The molecule has 2 aromatic rings. The third kappa shape index (κ3) is 3.09. The molecule has 0 amide bonds. The summed E-state index contributed by atoms with van der Waals surface area (Å²) >= 11 is 0. The Morgan fingerprint density at radius 2 is 2.05 bits per heavy atom. The quantitative estimate of drug-likeness (QED) is 0.810. The number of benzene rings is 2. The minimum Gasteiger partial charge on any atom is -0.493 e. The molecule has 0 radical (unpaired) electrons. The molecule has 1 unspecified atom stereocenters. The number of rotatable bonds is 6. The van der Waals surface area contributed by atoms with Gasteiger partial charge in [0.05, 0.1) is 12.7 Å². The Balaban J connectivity index is 2.37. The van der Waals surface area contributed by atoms with Crippen molar-refractivity contribution in [3.63, 3.8) is 0 Å². The highest BCUT2D eigenvalue weighted by atomic mass is 16.5. The lowest BCUT2D eigenvalue weighted by molar-refractivity contribution is 0.310. The molecule has 104 valence electrons. The number of hydrogen-bond donors (Lipinski definition) is 1. The van der Waals surface area contributed by atoms with Crippen LogP contribution < -0.4 is 10.1 Å². The first-order valence-corrected chi connectivity index (χ1v) is 6.96. The van der Waals surface area contributed by atoms with E-state index in [1.807, 2.05) is 19.2 Å². The van der Waals surface area contributed by atoms with Gasteiger partial charge in [-0.1, -0.05) is 36.4 Å². The summed E-state index contributed by atoms with van der Waals surface area (Å²) in [6, 6.07) is 14.8. The maximum Gasteiger partial charge on any atom is 0.131 e. The molecule has 0 spiro atoms. The van der Waals surface area contributed by atoms with Crippen LogP contribution >= 0.6 is 0 Å². The number of hydrogen-bond acceptors (Lipinski definition) is 3. The predicted octanol–water partition coefficient (Wildman–Crippen LogP) is 3.80. The van der Waals surface area contributed by atoms with Crippen molar-refractivity contribution in [1.82, 2.24) is 5.32 Å². The smallest absolute Gasteiger partial charge is 0.131 e. The normalized spacial score (nSPS) is 12.1. The van der Waals surface area contributed by atoms with E-state index in [-0.39, 0.29) is 6.04 Å². The third-order valence-corrected chi connectivity index (χ3v) is 3.49. The second-order valence-corrected chi connectivity index (χ2v) is 4.83. The number of nitrogens with zero attached hydrogens (tertiary/aromatic N) is 1. The van der Waals surface area contributed by atoms with Crippen LogP contribution in [0.3, 0.4) is 0 Å². The molecule has 1 N–H and O–H groups in total. The third-order valence-electron chi connectivity index (χ3n) is 3.49. The summed E-state index contributed by atoms with van der Waals surface area (Å²) in [6.07, 6.45) is 1.29. The first-order valence-electron chi connectivity index (χ1n) is 6.96. The van der Waals surface area contributed by atoms with Crippen molar-refractivity contribution in [2.24, 2.45) is 0 Å². The predicted molar refractivity (Wildman–Crippen MR) is 81.8 cm³/mol. The molecular formula is C17H20N2O. The molecule has 0 saturated carbocycles. The van der Waals surface area contributed by atoms with Crippen LogP contribution in [-0.4, -0.2) is 13.7 Å².